The molecule has 1 unspecified atom stereocenters. The largest absolute Gasteiger partial charge is 0.497 e. The number of carbonyl (C=O) groups excluding carboxylic acids is 1. The first kappa shape index (κ1) is 20.7. The number of carbonyl (C=O) groups is 1. The molecule has 0 N–H and O–H groups in total. The molecule has 152 valence electrons. The molecule has 1 atom stereocenters. The number of methoxy groups -OCH3 is 1. The van der Waals surface area contributed by atoms with E-state index in [0.29, 0.717) is 28.9 Å². The first-order valence-corrected chi connectivity index (χ1v) is 9.52. The molecule has 0 bridgehead atoms. The van der Waals surface area contributed by atoms with Gasteiger partial charge in [0.1, 0.15) is 11.5 Å². The van der Waals surface area contributed by atoms with E-state index in [1.165, 1.54) is 4.90 Å². The Morgan fingerprint density at radius 3 is 2.41 bits per heavy atom. The molecular formula is C21H22ClN3O4. The van der Waals surface area contributed by atoms with Gasteiger partial charge < -0.3 is 18.9 Å². The van der Waals surface area contributed by atoms with E-state index in [1.54, 1.807) is 38.4 Å². The van der Waals surface area contributed by atoms with E-state index in [0.717, 1.165) is 11.3 Å². The summed E-state index contributed by atoms with van der Waals surface area (Å²) in [5, 5.41) is 4.60. The molecule has 2 aromatic carbocycles. The van der Waals surface area contributed by atoms with Crippen molar-refractivity contribution in [1.82, 2.24) is 15.0 Å². The van der Waals surface area contributed by atoms with Gasteiger partial charge in [-0.2, -0.15) is 4.98 Å². The zero-order valence-electron chi connectivity index (χ0n) is 16.5. The molecule has 0 spiro atoms. The Hall–Kier alpha value is -3.06. The van der Waals surface area contributed by atoms with Crippen LogP contribution in [0, 0.1) is 0 Å². The summed E-state index contributed by atoms with van der Waals surface area (Å²) in [6.45, 7) is 2.07. The fourth-order valence-electron chi connectivity index (χ4n) is 2.69. The van der Waals surface area contributed by atoms with E-state index in [4.69, 9.17) is 25.6 Å². The van der Waals surface area contributed by atoms with Crippen LogP contribution in [0.15, 0.2) is 53.1 Å². The number of nitrogens with zero attached hydrogens (tertiary/aromatic N) is 3. The molecule has 7 nitrogen and oxygen atoms in total. The van der Waals surface area contributed by atoms with Crippen LogP contribution in [0.4, 0.5) is 0 Å². The molecule has 0 aliphatic heterocycles. The quantitative estimate of drug-likeness (QED) is 0.548. The van der Waals surface area contributed by atoms with Crippen molar-refractivity contribution in [3.05, 3.63) is 59.4 Å². The molecule has 0 saturated heterocycles. The van der Waals surface area contributed by atoms with Crippen LogP contribution in [-0.2, 0) is 11.3 Å². The van der Waals surface area contributed by atoms with Crippen molar-refractivity contribution >= 4 is 17.5 Å². The number of ether oxygens (including phenoxy) is 2. The van der Waals surface area contributed by atoms with Gasteiger partial charge in [-0.05, 0) is 55.0 Å². The van der Waals surface area contributed by atoms with E-state index in [-0.39, 0.29) is 12.5 Å². The second-order valence-electron chi connectivity index (χ2n) is 6.40. The van der Waals surface area contributed by atoms with Gasteiger partial charge in [0, 0.05) is 17.6 Å². The lowest BCUT2D eigenvalue weighted by Gasteiger charge is -2.22. The van der Waals surface area contributed by atoms with Gasteiger partial charge in [0.25, 0.3) is 5.91 Å². The van der Waals surface area contributed by atoms with Crippen LogP contribution >= 0.6 is 11.6 Å². The number of halogens is 1. The molecular weight excluding hydrogens is 394 g/mol. The second-order valence-corrected chi connectivity index (χ2v) is 6.84. The molecule has 1 amide bonds. The van der Waals surface area contributed by atoms with E-state index in [2.05, 4.69) is 10.1 Å². The SMILES string of the molecule is CCC(Oc1ccc(Cl)cc1)C(=O)N(C)Cc1nc(-c2ccc(OC)cc2)no1. The van der Waals surface area contributed by atoms with Gasteiger partial charge in [-0.1, -0.05) is 23.7 Å². The number of aromatic nitrogens is 2. The smallest absolute Gasteiger partial charge is 0.263 e. The number of likely N-dealkylation sites (N-methyl/N-ethyl adjacent to an activating group) is 1. The molecule has 0 saturated carbocycles. The zero-order valence-corrected chi connectivity index (χ0v) is 17.2. The highest BCUT2D eigenvalue weighted by Crippen LogP contribution is 2.21. The first-order chi connectivity index (χ1) is 14.0. The Labute approximate surface area is 174 Å². The maximum absolute atomic E-state index is 12.8. The van der Waals surface area contributed by atoms with Crippen LogP contribution in [0.1, 0.15) is 19.2 Å². The topological polar surface area (TPSA) is 77.7 Å². The minimum Gasteiger partial charge on any atom is -0.497 e. The van der Waals surface area contributed by atoms with Gasteiger partial charge in [-0.3, -0.25) is 4.79 Å². The average Bonchev–Trinajstić information content (AvgIpc) is 3.21. The van der Waals surface area contributed by atoms with Crippen LogP contribution in [0.3, 0.4) is 0 Å². The van der Waals surface area contributed by atoms with Crippen molar-refractivity contribution in [2.45, 2.75) is 26.0 Å². The van der Waals surface area contributed by atoms with Crippen LogP contribution in [0.5, 0.6) is 11.5 Å². The summed E-state index contributed by atoms with van der Waals surface area (Å²) in [5.41, 5.74) is 0.798. The minimum atomic E-state index is -0.620. The van der Waals surface area contributed by atoms with Gasteiger partial charge in [0.05, 0.1) is 13.7 Å². The van der Waals surface area contributed by atoms with Gasteiger partial charge in [-0.15, -0.1) is 0 Å². The average molecular weight is 416 g/mol. The Balaban J connectivity index is 1.63. The molecule has 0 fully saturated rings. The highest BCUT2D eigenvalue weighted by molar-refractivity contribution is 6.30. The van der Waals surface area contributed by atoms with Crippen molar-refractivity contribution in [3.63, 3.8) is 0 Å². The predicted molar refractivity (Wildman–Crippen MR) is 109 cm³/mol. The summed E-state index contributed by atoms with van der Waals surface area (Å²) in [4.78, 5) is 18.6. The number of amides is 1. The lowest BCUT2D eigenvalue weighted by molar-refractivity contribution is -0.138. The molecule has 29 heavy (non-hydrogen) atoms. The highest BCUT2D eigenvalue weighted by Gasteiger charge is 2.24. The molecule has 0 aliphatic carbocycles. The number of benzene rings is 2. The summed E-state index contributed by atoms with van der Waals surface area (Å²) >= 11 is 5.89. The van der Waals surface area contributed by atoms with E-state index in [1.807, 2.05) is 31.2 Å². The third-order valence-corrected chi connectivity index (χ3v) is 4.56. The van der Waals surface area contributed by atoms with Crippen molar-refractivity contribution in [3.8, 4) is 22.9 Å². The normalized spacial score (nSPS) is 11.7. The molecule has 3 aromatic rings. The standard InChI is InChI=1S/C21H22ClN3O4/c1-4-18(28-17-11-7-15(22)8-12-17)21(26)25(2)13-19-23-20(24-29-19)14-5-9-16(27-3)10-6-14/h5-12,18H,4,13H2,1-3H3. The van der Waals surface area contributed by atoms with Gasteiger partial charge in [0.15, 0.2) is 6.10 Å². The summed E-state index contributed by atoms with van der Waals surface area (Å²) < 4.78 is 16.3. The lowest BCUT2D eigenvalue weighted by Crippen LogP contribution is -2.39. The second kappa shape index (κ2) is 9.43. The van der Waals surface area contributed by atoms with Crippen molar-refractivity contribution < 1.29 is 18.8 Å². The first-order valence-electron chi connectivity index (χ1n) is 9.14. The molecule has 8 heteroatoms. The molecule has 1 heterocycles. The van der Waals surface area contributed by atoms with E-state index < -0.39 is 6.10 Å². The Morgan fingerprint density at radius 2 is 1.79 bits per heavy atom. The summed E-state index contributed by atoms with van der Waals surface area (Å²) in [7, 11) is 3.28. The Bertz CT molecular complexity index is 941. The Morgan fingerprint density at radius 1 is 1.14 bits per heavy atom. The minimum absolute atomic E-state index is 0.174. The predicted octanol–water partition coefficient (Wildman–Crippen LogP) is 4.21. The number of rotatable bonds is 8. The molecule has 1 aromatic heterocycles. The van der Waals surface area contributed by atoms with Crippen LogP contribution < -0.4 is 9.47 Å². The third-order valence-electron chi connectivity index (χ3n) is 4.30. The fraction of sp³-hybridized carbons (Fsp3) is 0.286. The monoisotopic (exact) mass is 415 g/mol. The van der Waals surface area contributed by atoms with Crippen molar-refractivity contribution in [2.75, 3.05) is 14.2 Å². The van der Waals surface area contributed by atoms with E-state index in [9.17, 15) is 4.79 Å². The third kappa shape index (κ3) is 5.26. The molecule has 0 aliphatic rings. The highest BCUT2D eigenvalue weighted by atomic mass is 35.5. The van der Waals surface area contributed by atoms with Gasteiger partial charge in [0.2, 0.25) is 11.7 Å². The van der Waals surface area contributed by atoms with Crippen LogP contribution in [-0.4, -0.2) is 41.2 Å². The molecule has 0 radical (unpaired) electrons. The molecule has 3 rings (SSSR count). The maximum atomic E-state index is 12.8. The fourth-order valence-corrected chi connectivity index (χ4v) is 2.81. The van der Waals surface area contributed by atoms with Gasteiger partial charge >= 0.3 is 0 Å². The van der Waals surface area contributed by atoms with Gasteiger partial charge in [-0.25, -0.2) is 0 Å². The van der Waals surface area contributed by atoms with Crippen LogP contribution in [0.2, 0.25) is 5.02 Å². The summed E-state index contributed by atoms with van der Waals surface area (Å²) in [6.07, 6.45) is -0.0997. The summed E-state index contributed by atoms with van der Waals surface area (Å²) in [6, 6.07) is 14.2. The summed E-state index contributed by atoms with van der Waals surface area (Å²) in [5.74, 6) is 1.95. The number of hydrogen-bond acceptors (Lipinski definition) is 6. The Kier molecular flexibility index (Phi) is 6.72. The van der Waals surface area contributed by atoms with Crippen molar-refractivity contribution in [2.24, 2.45) is 0 Å². The maximum Gasteiger partial charge on any atom is 0.263 e. The number of hydrogen-bond donors (Lipinski definition) is 0. The van der Waals surface area contributed by atoms with Crippen LogP contribution in [0.25, 0.3) is 11.4 Å². The lowest BCUT2D eigenvalue weighted by atomic mass is 10.2. The van der Waals surface area contributed by atoms with Crippen molar-refractivity contribution in [1.29, 1.82) is 0 Å². The van der Waals surface area contributed by atoms with E-state index >= 15 is 0 Å². The zero-order chi connectivity index (χ0) is 20.8.